The monoisotopic (exact) mass is 395 g/mol. The minimum Gasteiger partial charge on any atom is -0.353 e. The van der Waals surface area contributed by atoms with Crippen LogP contribution in [0, 0.1) is 0 Å². The lowest BCUT2D eigenvalue weighted by molar-refractivity contribution is -0.131. The van der Waals surface area contributed by atoms with E-state index in [2.05, 4.69) is 14.9 Å². The molecule has 3 heterocycles. The number of carbonyl (C=O) groups is 1. The van der Waals surface area contributed by atoms with Gasteiger partial charge in [-0.05, 0) is 36.2 Å². The number of rotatable bonds is 5. The van der Waals surface area contributed by atoms with Gasteiger partial charge in [-0.25, -0.2) is 9.97 Å². The van der Waals surface area contributed by atoms with Crippen molar-refractivity contribution < 1.29 is 4.79 Å². The van der Waals surface area contributed by atoms with Crippen LogP contribution in [0.3, 0.4) is 0 Å². The Morgan fingerprint density at radius 3 is 2.46 bits per heavy atom. The smallest absolute Gasteiger partial charge is 0.223 e. The largest absolute Gasteiger partial charge is 0.353 e. The number of aromatic nitrogens is 3. The van der Waals surface area contributed by atoms with Crippen LogP contribution in [0.5, 0.6) is 0 Å². The third-order valence-electron chi connectivity index (χ3n) is 4.98. The Morgan fingerprint density at radius 1 is 0.964 bits per heavy atom. The minimum absolute atomic E-state index is 0.190. The fourth-order valence-electron chi connectivity index (χ4n) is 3.43. The molecule has 2 aromatic heterocycles. The van der Waals surface area contributed by atoms with Crippen molar-refractivity contribution in [3.63, 3.8) is 0 Å². The minimum atomic E-state index is 0.190. The van der Waals surface area contributed by atoms with E-state index in [1.165, 1.54) is 0 Å². The van der Waals surface area contributed by atoms with E-state index in [1.54, 1.807) is 6.33 Å². The van der Waals surface area contributed by atoms with Gasteiger partial charge in [0.2, 0.25) is 5.91 Å². The van der Waals surface area contributed by atoms with Crippen molar-refractivity contribution in [3.05, 3.63) is 71.8 Å². The topological polar surface area (TPSA) is 54.3 Å². The van der Waals surface area contributed by atoms with E-state index in [0.717, 1.165) is 30.3 Å². The molecule has 1 fully saturated rings. The molecule has 0 N–H and O–H groups in total. The van der Waals surface area contributed by atoms with Gasteiger partial charge < -0.3 is 14.4 Å². The summed E-state index contributed by atoms with van der Waals surface area (Å²) in [5.74, 6) is 1.93. The second-order valence-electron chi connectivity index (χ2n) is 6.82. The van der Waals surface area contributed by atoms with Crippen LogP contribution in [0.4, 0.5) is 5.82 Å². The lowest BCUT2D eigenvalue weighted by Gasteiger charge is -2.35. The molecule has 6 nitrogen and oxygen atoms in total. The molecule has 1 aliphatic heterocycles. The van der Waals surface area contributed by atoms with E-state index in [9.17, 15) is 4.79 Å². The molecular weight excluding hydrogens is 374 g/mol. The summed E-state index contributed by atoms with van der Waals surface area (Å²) in [5, 5.41) is 0.711. The maximum absolute atomic E-state index is 12.6. The molecule has 0 radical (unpaired) electrons. The molecule has 0 atom stereocenters. The van der Waals surface area contributed by atoms with Crippen LogP contribution >= 0.6 is 11.6 Å². The molecule has 7 heteroatoms. The van der Waals surface area contributed by atoms with Gasteiger partial charge in [0.15, 0.2) is 0 Å². The van der Waals surface area contributed by atoms with Crippen molar-refractivity contribution in [1.82, 2.24) is 19.4 Å². The van der Waals surface area contributed by atoms with Gasteiger partial charge in [0.1, 0.15) is 18.0 Å². The lowest BCUT2D eigenvalue weighted by atomic mass is 10.1. The van der Waals surface area contributed by atoms with Crippen molar-refractivity contribution >= 4 is 23.3 Å². The fourth-order valence-corrected chi connectivity index (χ4v) is 3.64. The average molecular weight is 396 g/mol. The van der Waals surface area contributed by atoms with Crippen molar-refractivity contribution in [2.45, 2.75) is 12.8 Å². The molecule has 1 aliphatic rings. The number of carbonyl (C=O) groups excluding carboxylic acids is 1. The number of hydrogen-bond donors (Lipinski definition) is 0. The van der Waals surface area contributed by atoms with E-state index >= 15 is 0 Å². The number of nitrogens with zero attached hydrogens (tertiary/aromatic N) is 5. The Bertz CT molecular complexity index is 935. The number of amides is 1. The second-order valence-corrected chi connectivity index (χ2v) is 7.26. The quantitative estimate of drug-likeness (QED) is 0.665. The Hall–Kier alpha value is -2.86. The first-order valence-corrected chi connectivity index (χ1v) is 9.79. The normalized spacial score (nSPS) is 14.3. The van der Waals surface area contributed by atoms with E-state index in [4.69, 9.17) is 11.6 Å². The SMILES string of the molecule is O=C(CCc1cccc(Cl)c1)N1CCN(c2cc(-n3cccc3)ncn2)CC1. The van der Waals surface area contributed by atoms with Crippen LogP contribution in [0.25, 0.3) is 5.82 Å². The molecule has 3 aromatic rings. The highest BCUT2D eigenvalue weighted by Crippen LogP contribution is 2.17. The third-order valence-corrected chi connectivity index (χ3v) is 5.22. The first-order chi connectivity index (χ1) is 13.7. The zero-order valence-corrected chi connectivity index (χ0v) is 16.3. The summed E-state index contributed by atoms with van der Waals surface area (Å²) in [6.07, 6.45) is 6.73. The predicted molar refractivity (Wildman–Crippen MR) is 110 cm³/mol. The van der Waals surface area contributed by atoms with Crippen LogP contribution in [-0.2, 0) is 11.2 Å². The Labute approximate surface area is 169 Å². The summed E-state index contributed by atoms with van der Waals surface area (Å²) >= 11 is 6.01. The number of piperazine rings is 1. The Kier molecular flexibility index (Phi) is 5.58. The zero-order chi connectivity index (χ0) is 19.3. The number of benzene rings is 1. The number of hydrogen-bond acceptors (Lipinski definition) is 4. The van der Waals surface area contributed by atoms with Crippen LogP contribution in [0.2, 0.25) is 5.02 Å². The van der Waals surface area contributed by atoms with Gasteiger partial charge in [-0.3, -0.25) is 4.79 Å². The first-order valence-electron chi connectivity index (χ1n) is 9.41. The number of anilines is 1. The zero-order valence-electron chi connectivity index (χ0n) is 15.5. The van der Waals surface area contributed by atoms with Crippen molar-refractivity contribution in [1.29, 1.82) is 0 Å². The maximum Gasteiger partial charge on any atom is 0.223 e. The van der Waals surface area contributed by atoms with E-state index in [-0.39, 0.29) is 5.91 Å². The van der Waals surface area contributed by atoms with Gasteiger partial charge in [0, 0.05) is 56.1 Å². The molecule has 0 unspecified atom stereocenters. The second kappa shape index (κ2) is 8.44. The van der Waals surface area contributed by atoms with E-state index in [1.807, 2.05) is 64.3 Å². The summed E-state index contributed by atoms with van der Waals surface area (Å²) in [7, 11) is 0. The Balaban J connectivity index is 1.32. The van der Waals surface area contributed by atoms with Gasteiger partial charge in [-0.15, -0.1) is 0 Å². The van der Waals surface area contributed by atoms with Crippen LogP contribution < -0.4 is 4.90 Å². The van der Waals surface area contributed by atoms with E-state index < -0.39 is 0 Å². The molecule has 4 rings (SSSR count). The van der Waals surface area contributed by atoms with Crippen molar-refractivity contribution in [2.24, 2.45) is 0 Å². The van der Waals surface area contributed by atoms with Crippen molar-refractivity contribution in [2.75, 3.05) is 31.1 Å². The molecule has 1 amide bonds. The Morgan fingerprint density at radius 2 is 1.71 bits per heavy atom. The van der Waals surface area contributed by atoms with Gasteiger partial charge in [0.05, 0.1) is 0 Å². The highest BCUT2D eigenvalue weighted by Gasteiger charge is 2.22. The molecular formula is C21H22ClN5O. The first kappa shape index (κ1) is 18.5. The predicted octanol–water partition coefficient (Wildman–Crippen LogP) is 3.20. The molecule has 0 saturated carbocycles. The van der Waals surface area contributed by atoms with Crippen LogP contribution in [0.1, 0.15) is 12.0 Å². The summed E-state index contributed by atoms with van der Waals surface area (Å²) in [5.41, 5.74) is 1.10. The van der Waals surface area contributed by atoms with Gasteiger partial charge in [-0.2, -0.15) is 0 Å². The highest BCUT2D eigenvalue weighted by molar-refractivity contribution is 6.30. The third kappa shape index (κ3) is 4.34. The summed E-state index contributed by atoms with van der Waals surface area (Å²) in [6.45, 7) is 2.95. The van der Waals surface area contributed by atoms with Gasteiger partial charge in [0.25, 0.3) is 0 Å². The summed E-state index contributed by atoms with van der Waals surface area (Å²) < 4.78 is 1.96. The fraction of sp³-hybridized carbons (Fsp3) is 0.286. The molecule has 28 heavy (non-hydrogen) atoms. The summed E-state index contributed by atoms with van der Waals surface area (Å²) in [4.78, 5) is 25.4. The van der Waals surface area contributed by atoms with Gasteiger partial charge >= 0.3 is 0 Å². The van der Waals surface area contributed by atoms with Crippen LogP contribution in [-0.4, -0.2) is 51.5 Å². The van der Waals surface area contributed by atoms with E-state index in [0.29, 0.717) is 31.0 Å². The number of halogens is 1. The number of aryl methyl sites for hydroxylation is 1. The standard InChI is InChI=1S/C21H22ClN5O/c22-18-5-3-4-17(14-18)6-7-21(28)27-12-10-26(11-13-27)20-15-19(23-16-24-20)25-8-1-2-9-25/h1-5,8-9,14-16H,6-7,10-13H2. The molecule has 1 saturated heterocycles. The molecule has 144 valence electrons. The summed E-state index contributed by atoms with van der Waals surface area (Å²) in [6, 6.07) is 13.6. The van der Waals surface area contributed by atoms with Crippen LogP contribution in [0.15, 0.2) is 61.2 Å². The average Bonchev–Trinajstić information content (AvgIpc) is 3.27. The highest BCUT2D eigenvalue weighted by atomic mass is 35.5. The molecule has 0 aliphatic carbocycles. The van der Waals surface area contributed by atoms with Gasteiger partial charge in [-0.1, -0.05) is 23.7 Å². The molecule has 0 bridgehead atoms. The van der Waals surface area contributed by atoms with Crippen molar-refractivity contribution in [3.8, 4) is 5.82 Å². The molecule has 1 aromatic carbocycles. The lowest BCUT2D eigenvalue weighted by Crippen LogP contribution is -2.49. The maximum atomic E-state index is 12.6. The molecule has 0 spiro atoms.